The number of aldehydes is 1. The van der Waals surface area contributed by atoms with Crippen LogP contribution in [0, 0.1) is 6.07 Å². The molecular weight excluding hydrogens is 661 g/mol. The minimum absolute atomic E-state index is 0. The fraction of sp³-hybridized carbons (Fsp3) is 0. The molecule has 190 valence electrons. The number of carbonyl (C=O) groups excluding carboxylic acids is 1. The molecule has 0 saturated heterocycles. The summed E-state index contributed by atoms with van der Waals surface area (Å²) in [6.07, 6.45) is 9.61. The number of nitrogens with zero attached hydrogens (tertiary/aromatic N) is 5. The minimum Gasteiger partial charge on any atom is -0.309 e. The first kappa shape index (κ1) is 28.8. The van der Waals surface area contributed by atoms with E-state index < -0.39 is 0 Å². The Morgan fingerprint density at radius 3 is 1.08 bits per heavy atom. The van der Waals surface area contributed by atoms with Gasteiger partial charge < -0.3 is 9.78 Å². The quantitative estimate of drug-likeness (QED) is 0.153. The number of aromatic nitrogens is 5. The molecule has 5 heterocycles. The van der Waals surface area contributed by atoms with Crippen LogP contribution in [-0.4, -0.2) is 31.2 Å². The van der Waals surface area contributed by atoms with Gasteiger partial charge in [0.15, 0.2) is 0 Å². The molecule has 0 bridgehead atoms. The molecule has 1 aromatic carbocycles. The van der Waals surface area contributed by atoms with Gasteiger partial charge in [0.1, 0.15) is 6.29 Å². The molecule has 0 saturated carbocycles. The number of hydrogen-bond donors (Lipinski definition) is 0. The minimum atomic E-state index is 0. The fourth-order valence-electron chi connectivity index (χ4n) is 3.25. The molecule has 0 spiro atoms. The van der Waals surface area contributed by atoms with Crippen molar-refractivity contribution in [3.63, 3.8) is 0 Å². The van der Waals surface area contributed by atoms with Crippen LogP contribution in [0.3, 0.4) is 0 Å². The molecule has 0 aliphatic carbocycles. The molecule has 6 rings (SSSR count). The van der Waals surface area contributed by atoms with Crippen molar-refractivity contribution in [2.75, 3.05) is 0 Å². The maximum absolute atomic E-state index is 10.4. The zero-order valence-corrected chi connectivity index (χ0v) is 23.4. The molecule has 6 aromatic rings. The van der Waals surface area contributed by atoms with E-state index in [4.69, 9.17) is 0 Å². The SMILES string of the molecule is O=Cc1c[c-]c(-c2ccccn2)cc1.[Os+2].c1ccc(-c2ccccn2)nc1.c1ccc(-c2ccccn2)nc1. The smallest absolute Gasteiger partial charge is 0.309 e. The van der Waals surface area contributed by atoms with Gasteiger partial charge in [-0.05, 0) is 60.3 Å². The molecule has 0 radical (unpaired) electrons. The first-order chi connectivity index (χ1) is 18.8. The van der Waals surface area contributed by atoms with Crippen molar-refractivity contribution in [2.24, 2.45) is 0 Å². The maximum Gasteiger partial charge on any atom is 2.00 e. The Hall–Kier alpha value is -4.72. The normalized spacial score (nSPS) is 9.44. The van der Waals surface area contributed by atoms with E-state index in [0.29, 0.717) is 5.56 Å². The van der Waals surface area contributed by atoms with Gasteiger partial charge >= 0.3 is 19.8 Å². The molecule has 5 aromatic heterocycles. The monoisotopic (exact) mass is 686 g/mol. The fourth-order valence-corrected chi connectivity index (χ4v) is 3.25. The van der Waals surface area contributed by atoms with Gasteiger partial charge in [-0.1, -0.05) is 42.0 Å². The number of benzene rings is 1. The molecule has 39 heavy (non-hydrogen) atoms. The Morgan fingerprint density at radius 1 is 0.462 bits per heavy atom. The van der Waals surface area contributed by atoms with Crippen molar-refractivity contribution >= 4 is 6.29 Å². The average Bonchev–Trinajstić information content (AvgIpc) is 3.04. The van der Waals surface area contributed by atoms with E-state index in [0.717, 1.165) is 40.3 Å². The Bertz CT molecular complexity index is 1340. The molecule has 7 heteroatoms. The van der Waals surface area contributed by atoms with Crippen LogP contribution >= 0.6 is 0 Å². The molecule has 0 N–H and O–H groups in total. The molecule has 0 atom stereocenters. The van der Waals surface area contributed by atoms with Crippen molar-refractivity contribution in [1.82, 2.24) is 24.9 Å². The van der Waals surface area contributed by atoms with Crippen LogP contribution in [0.4, 0.5) is 0 Å². The summed E-state index contributed by atoms with van der Waals surface area (Å²) in [5.41, 5.74) is 6.05. The zero-order chi connectivity index (χ0) is 26.3. The van der Waals surface area contributed by atoms with E-state index in [9.17, 15) is 4.79 Å². The Kier molecular flexibility index (Phi) is 12.0. The van der Waals surface area contributed by atoms with Crippen LogP contribution in [0.1, 0.15) is 10.4 Å². The summed E-state index contributed by atoms with van der Waals surface area (Å²) in [5.74, 6) is 0. The predicted molar refractivity (Wildman–Crippen MR) is 149 cm³/mol. The second-order valence-corrected chi connectivity index (χ2v) is 7.73. The van der Waals surface area contributed by atoms with E-state index in [-0.39, 0.29) is 19.8 Å². The van der Waals surface area contributed by atoms with Crippen LogP contribution in [0.2, 0.25) is 0 Å². The van der Waals surface area contributed by atoms with E-state index in [2.05, 4.69) is 31.0 Å². The van der Waals surface area contributed by atoms with Crippen LogP contribution in [0.25, 0.3) is 34.0 Å². The van der Waals surface area contributed by atoms with E-state index in [1.165, 1.54) is 0 Å². The third-order valence-corrected chi connectivity index (χ3v) is 5.10. The van der Waals surface area contributed by atoms with Crippen LogP contribution < -0.4 is 0 Å². The average molecular weight is 685 g/mol. The Labute approximate surface area is 241 Å². The van der Waals surface area contributed by atoms with Gasteiger partial charge in [0, 0.05) is 31.0 Å². The first-order valence-electron chi connectivity index (χ1n) is 11.9. The number of pyridine rings is 5. The molecule has 0 amide bonds. The summed E-state index contributed by atoms with van der Waals surface area (Å²) in [7, 11) is 0. The van der Waals surface area contributed by atoms with Crippen molar-refractivity contribution < 1.29 is 24.6 Å². The summed E-state index contributed by atoms with van der Waals surface area (Å²) in [6, 6.07) is 37.2. The summed E-state index contributed by atoms with van der Waals surface area (Å²) in [4.78, 5) is 31.3. The second kappa shape index (κ2) is 16.2. The maximum atomic E-state index is 10.4. The van der Waals surface area contributed by atoms with E-state index in [1.54, 1.807) is 43.1 Å². The Morgan fingerprint density at radius 2 is 0.821 bits per heavy atom. The van der Waals surface area contributed by atoms with Crippen molar-refractivity contribution in [3.8, 4) is 34.0 Å². The summed E-state index contributed by atoms with van der Waals surface area (Å²) in [5, 5.41) is 0. The first-order valence-corrected chi connectivity index (χ1v) is 11.9. The summed E-state index contributed by atoms with van der Waals surface area (Å²) >= 11 is 0. The van der Waals surface area contributed by atoms with Gasteiger partial charge in [0.2, 0.25) is 0 Å². The van der Waals surface area contributed by atoms with E-state index in [1.807, 2.05) is 97.1 Å². The van der Waals surface area contributed by atoms with Crippen LogP contribution in [0.15, 0.2) is 140 Å². The van der Waals surface area contributed by atoms with Crippen molar-refractivity contribution in [2.45, 2.75) is 0 Å². The molecule has 0 fully saturated rings. The van der Waals surface area contributed by atoms with Gasteiger partial charge in [-0.25, -0.2) is 0 Å². The van der Waals surface area contributed by atoms with E-state index >= 15 is 0 Å². The third-order valence-electron chi connectivity index (χ3n) is 5.10. The van der Waals surface area contributed by atoms with Gasteiger partial charge in [-0.2, -0.15) is 0 Å². The van der Waals surface area contributed by atoms with Crippen molar-refractivity contribution in [1.29, 1.82) is 0 Å². The van der Waals surface area contributed by atoms with Gasteiger partial charge in [-0.3, -0.25) is 19.9 Å². The number of carbonyl (C=O) groups is 1. The predicted octanol–water partition coefficient (Wildman–Crippen LogP) is 6.65. The standard InChI is InChI=1S/C12H8NO.2C10H8N2.Os/c14-9-10-4-6-11(7-5-10)12-3-1-2-8-13-12;2*1-3-7-11-9(5-1)10-6-2-4-8-12-10;/h1-6,8-9H;2*1-8H;/q-1;;;+2. The van der Waals surface area contributed by atoms with Gasteiger partial charge in [0.05, 0.1) is 22.8 Å². The van der Waals surface area contributed by atoms with Gasteiger partial charge in [-0.15, -0.1) is 29.8 Å². The largest absolute Gasteiger partial charge is 2.00 e. The zero-order valence-electron chi connectivity index (χ0n) is 20.9. The van der Waals surface area contributed by atoms with Gasteiger partial charge in [0.25, 0.3) is 0 Å². The topological polar surface area (TPSA) is 81.5 Å². The molecule has 0 aliphatic rings. The van der Waals surface area contributed by atoms with Crippen molar-refractivity contribution in [3.05, 3.63) is 152 Å². The summed E-state index contributed by atoms with van der Waals surface area (Å²) < 4.78 is 0. The van der Waals surface area contributed by atoms with Crippen LogP contribution in [-0.2, 0) is 19.8 Å². The number of hydrogen-bond acceptors (Lipinski definition) is 6. The molecule has 0 aliphatic heterocycles. The number of rotatable bonds is 4. The molecule has 0 unspecified atom stereocenters. The Balaban J connectivity index is 0.000000160. The van der Waals surface area contributed by atoms with Crippen LogP contribution in [0.5, 0.6) is 0 Å². The summed E-state index contributed by atoms with van der Waals surface area (Å²) in [6.45, 7) is 0. The second-order valence-electron chi connectivity index (χ2n) is 7.73. The third kappa shape index (κ3) is 9.26. The molecular formula is C32H24N5OOs+. The molecule has 6 nitrogen and oxygen atoms in total.